The topological polar surface area (TPSA) is 68.2 Å². The first-order valence-electron chi connectivity index (χ1n) is 10.3. The van der Waals surface area contributed by atoms with E-state index < -0.39 is 0 Å². The number of hydrogen-bond donors (Lipinski definition) is 1. The molecular formula is C25H27NO5. The molecular weight excluding hydrogens is 394 g/mol. The first kappa shape index (κ1) is 21.0. The quantitative estimate of drug-likeness (QED) is 0.601. The summed E-state index contributed by atoms with van der Waals surface area (Å²) >= 11 is 0. The number of carbonyl (C=O) groups is 1. The molecule has 162 valence electrons. The molecule has 0 spiro atoms. The predicted molar refractivity (Wildman–Crippen MR) is 119 cm³/mol. The van der Waals surface area contributed by atoms with E-state index in [0.717, 1.165) is 40.4 Å². The zero-order valence-corrected chi connectivity index (χ0v) is 18.1. The maximum absolute atomic E-state index is 12.3. The molecule has 0 aliphatic carbocycles. The fourth-order valence-electron chi connectivity index (χ4n) is 4.44. The van der Waals surface area contributed by atoms with Gasteiger partial charge in [0, 0.05) is 24.7 Å². The Morgan fingerprint density at radius 1 is 1.06 bits per heavy atom. The Hall–Kier alpha value is -3.25. The van der Waals surface area contributed by atoms with Gasteiger partial charge in [-0.2, -0.15) is 0 Å². The lowest BCUT2D eigenvalue weighted by Crippen LogP contribution is -2.36. The summed E-state index contributed by atoms with van der Waals surface area (Å²) in [5.74, 6) is 1.29. The van der Waals surface area contributed by atoms with Gasteiger partial charge in [0.15, 0.2) is 11.5 Å². The summed E-state index contributed by atoms with van der Waals surface area (Å²) in [5.41, 5.74) is 3.01. The SMILES string of the molecule is COC(=O)C[C@H]1c2cc(OC)c(OC)cc2CCN1Cc1c(O)ccc2ccccc12. The number of ether oxygens (including phenoxy) is 3. The highest BCUT2D eigenvalue weighted by Gasteiger charge is 2.32. The number of phenols is 1. The number of rotatable bonds is 6. The van der Waals surface area contributed by atoms with Gasteiger partial charge >= 0.3 is 5.97 Å². The molecule has 0 aromatic heterocycles. The van der Waals surface area contributed by atoms with Gasteiger partial charge in [-0.15, -0.1) is 0 Å². The molecule has 31 heavy (non-hydrogen) atoms. The minimum atomic E-state index is -0.278. The Kier molecular flexibility index (Phi) is 6.00. The molecule has 0 bridgehead atoms. The van der Waals surface area contributed by atoms with Crippen LogP contribution in [0.5, 0.6) is 17.2 Å². The summed E-state index contributed by atoms with van der Waals surface area (Å²) in [5, 5.41) is 12.7. The maximum Gasteiger partial charge on any atom is 0.307 e. The molecule has 0 radical (unpaired) electrons. The zero-order chi connectivity index (χ0) is 22.0. The van der Waals surface area contributed by atoms with E-state index in [1.54, 1.807) is 20.3 Å². The van der Waals surface area contributed by atoms with Gasteiger partial charge in [0.05, 0.1) is 27.8 Å². The number of nitrogens with zero attached hydrogens (tertiary/aromatic N) is 1. The van der Waals surface area contributed by atoms with Gasteiger partial charge in [-0.05, 0) is 46.5 Å². The molecule has 1 N–H and O–H groups in total. The number of benzene rings is 3. The smallest absolute Gasteiger partial charge is 0.307 e. The van der Waals surface area contributed by atoms with E-state index in [9.17, 15) is 9.90 Å². The monoisotopic (exact) mass is 421 g/mol. The van der Waals surface area contributed by atoms with Crippen LogP contribution in [0.2, 0.25) is 0 Å². The van der Waals surface area contributed by atoms with Crippen LogP contribution in [-0.2, 0) is 22.5 Å². The van der Waals surface area contributed by atoms with Crippen molar-refractivity contribution in [3.05, 3.63) is 65.2 Å². The van der Waals surface area contributed by atoms with E-state index in [0.29, 0.717) is 18.0 Å². The molecule has 1 aliphatic rings. The zero-order valence-electron chi connectivity index (χ0n) is 18.1. The molecule has 4 rings (SSSR count). The molecule has 0 unspecified atom stereocenters. The van der Waals surface area contributed by atoms with Crippen molar-refractivity contribution in [1.29, 1.82) is 0 Å². The molecule has 1 heterocycles. The van der Waals surface area contributed by atoms with Crippen LogP contribution >= 0.6 is 0 Å². The molecule has 3 aromatic carbocycles. The van der Waals surface area contributed by atoms with E-state index in [1.165, 1.54) is 7.11 Å². The second kappa shape index (κ2) is 8.86. The Morgan fingerprint density at radius 2 is 1.81 bits per heavy atom. The van der Waals surface area contributed by atoms with Gasteiger partial charge in [0.2, 0.25) is 0 Å². The van der Waals surface area contributed by atoms with Crippen LogP contribution in [0.25, 0.3) is 10.8 Å². The van der Waals surface area contributed by atoms with Gasteiger partial charge in [-0.25, -0.2) is 0 Å². The van der Waals surface area contributed by atoms with Crippen molar-refractivity contribution in [2.75, 3.05) is 27.9 Å². The first-order chi connectivity index (χ1) is 15.0. The number of esters is 1. The van der Waals surface area contributed by atoms with E-state index in [-0.39, 0.29) is 24.2 Å². The number of methoxy groups -OCH3 is 3. The Bertz CT molecular complexity index is 1110. The molecule has 6 nitrogen and oxygen atoms in total. The summed E-state index contributed by atoms with van der Waals surface area (Å²) in [6, 6.07) is 15.4. The minimum Gasteiger partial charge on any atom is -0.508 e. The molecule has 6 heteroatoms. The third-order valence-corrected chi connectivity index (χ3v) is 6.08. The van der Waals surface area contributed by atoms with Crippen molar-refractivity contribution in [2.24, 2.45) is 0 Å². The van der Waals surface area contributed by atoms with Gasteiger partial charge in [-0.1, -0.05) is 30.3 Å². The lowest BCUT2D eigenvalue weighted by atomic mass is 9.89. The van der Waals surface area contributed by atoms with Crippen molar-refractivity contribution in [1.82, 2.24) is 4.90 Å². The summed E-state index contributed by atoms with van der Waals surface area (Å²) in [6.07, 6.45) is 1.02. The average molecular weight is 421 g/mol. The second-order valence-corrected chi connectivity index (χ2v) is 7.71. The van der Waals surface area contributed by atoms with Crippen LogP contribution in [0, 0.1) is 0 Å². The summed E-state index contributed by atoms with van der Waals surface area (Å²) < 4.78 is 16.0. The van der Waals surface area contributed by atoms with Gasteiger partial charge < -0.3 is 19.3 Å². The highest BCUT2D eigenvalue weighted by Crippen LogP contribution is 2.41. The fraction of sp³-hybridized carbons (Fsp3) is 0.320. The third-order valence-electron chi connectivity index (χ3n) is 6.08. The van der Waals surface area contributed by atoms with Crippen molar-refractivity contribution in [3.8, 4) is 17.2 Å². The Morgan fingerprint density at radius 3 is 2.55 bits per heavy atom. The van der Waals surface area contributed by atoms with Gasteiger partial charge in [0.25, 0.3) is 0 Å². The maximum atomic E-state index is 12.3. The highest BCUT2D eigenvalue weighted by molar-refractivity contribution is 5.87. The van der Waals surface area contributed by atoms with E-state index in [4.69, 9.17) is 14.2 Å². The lowest BCUT2D eigenvalue weighted by Gasteiger charge is -2.37. The van der Waals surface area contributed by atoms with Crippen LogP contribution in [-0.4, -0.2) is 43.8 Å². The van der Waals surface area contributed by atoms with Crippen molar-refractivity contribution in [2.45, 2.75) is 25.4 Å². The van der Waals surface area contributed by atoms with Crippen LogP contribution in [0.3, 0.4) is 0 Å². The molecule has 0 saturated heterocycles. The first-order valence-corrected chi connectivity index (χ1v) is 10.3. The lowest BCUT2D eigenvalue weighted by molar-refractivity contribution is -0.142. The summed E-state index contributed by atoms with van der Waals surface area (Å²) in [6.45, 7) is 1.26. The van der Waals surface area contributed by atoms with Crippen molar-refractivity contribution < 1.29 is 24.1 Å². The number of phenolic OH excluding ortho intramolecular Hbond substituents is 1. The van der Waals surface area contributed by atoms with Crippen LogP contribution < -0.4 is 9.47 Å². The predicted octanol–water partition coefficient (Wildman–Crippen LogP) is 4.23. The van der Waals surface area contributed by atoms with Crippen molar-refractivity contribution in [3.63, 3.8) is 0 Å². The molecule has 0 saturated carbocycles. The Labute approximate surface area is 182 Å². The standard InChI is InChI=1S/C25H27NO5/c1-29-23-12-17-10-11-26(21(14-25(28)31-3)19(17)13-24(23)30-2)15-20-18-7-5-4-6-16(18)8-9-22(20)27/h4-9,12-13,21,27H,10-11,14-15H2,1-3H3/t21-/m0/s1. The van der Waals surface area contributed by atoms with Crippen LogP contribution in [0.1, 0.15) is 29.2 Å². The largest absolute Gasteiger partial charge is 0.508 e. The van der Waals surface area contributed by atoms with Crippen LogP contribution in [0.15, 0.2) is 48.5 Å². The van der Waals surface area contributed by atoms with Crippen molar-refractivity contribution >= 4 is 16.7 Å². The number of aromatic hydroxyl groups is 1. The number of fused-ring (bicyclic) bond motifs is 2. The summed E-state index contributed by atoms with van der Waals surface area (Å²) in [4.78, 5) is 14.5. The Balaban J connectivity index is 1.76. The summed E-state index contributed by atoms with van der Waals surface area (Å²) in [7, 11) is 4.63. The van der Waals surface area contributed by atoms with Crippen LogP contribution in [0.4, 0.5) is 0 Å². The van der Waals surface area contributed by atoms with Gasteiger partial charge in [0.1, 0.15) is 5.75 Å². The average Bonchev–Trinajstić information content (AvgIpc) is 2.81. The van der Waals surface area contributed by atoms with Gasteiger partial charge in [-0.3, -0.25) is 9.69 Å². The van der Waals surface area contributed by atoms with E-state index in [2.05, 4.69) is 4.90 Å². The molecule has 0 amide bonds. The normalized spacial score (nSPS) is 16.0. The number of carbonyl (C=O) groups excluding carboxylic acids is 1. The van der Waals surface area contributed by atoms with E-state index in [1.807, 2.05) is 42.5 Å². The molecule has 3 aromatic rings. The molecule has 0 fully saturated rings. The molecule has 1 aliphatic heterocycles. The minimum absolute atomic E-state index is 0.200. The fourth-order valence-corrected chi connectivity index (χ4v) is 4.44. The molecule has 1 atom stereocenters. The number of hydrogen-bond acceptors (Lipinski definition) is 6. The van der Waals surface area contributed by atoms with E-state index >= 15 is 0 Å². The highest BCUT2D eigenvalue weighted by atomic mass is 16.5. The third kappa shape index (κ3) is 4.03. The second-order valence-electron chi connectivity index (χ2n) is 7.71.